The molecular weight excluding hydrogens is 282 g/mol. The Kier molecular flexibility index (Phi) is 6.49. The van der Waals surface area contributed by atoms with Crippen molar-refractivity contribution in [1.29, 1.82) is 0 Å². The lowest BCUT2D eigenvalue weighted by Gasteiger charge is -2.34. The molecule has 0 radical (unpaired) electrons. The highest BCUT2D eigenvalue weighted by Gasteiger charge is 2.27. The van der Waals surface area contributed by atoms with Gasteiger partial charge in [-0.3, -0.25) is 4.79 Å². The van der Waals surface area contributed by atoms with Gasteiger partial charge in [-0.15, -0.1) is 0 Å². The molecule has 1 unspecified atom stereocenters. The highest BCUT2D eigenvalue weighted by atomic mass is 79.9. The van der Waals surface area contributed by atoms with Gasteiger partial charge in [0.1, 0.15) is 0 Å². The topological polar surface area (TPSA) is 29.5 Å². The summed E-state index contributed by atoms with van der Waals surface area (Å²) in [7, 11) is 1.48. The average molecular weight is 306 g/mol. The number of hydrogen-bond donors (Lipinski definition) is 0. The highest BCUT2D eigenvalue weighted by Crippen LogP contribution is 2.22. The van der Waals surface area contributed by atoms with Gasteiger partial charge >= 0.3 is 5.97 Å². The number of esters is 1. The molecule has 0 aromatic carbocycles. The van der Waals surface area contributed by atoms with E-state index >= 15 is 0 Å². The maximum atomic E-state index is 11.4. The van der Waals surface area contributed by atoms with Gasteiger partial charge in [-0.05, 0) is 37.8 Å². The molecule has 100 valence electrons. The third kappa shape index (κ3) is 4.59. The van der Waals surface area contributed by atoms with Crippen LogP contribution in [0.4, 0.5) is 0 Å². The first-order valence-electron chi connectivity index (χ1n) is 6.44. The summed E-state index contributed by atoms with van der Waals surface area (Å²) in [5, 5.41) is 1.06. The van der Waals surface area contributed by atoms with E-state index in [0.717, 1.165) is 37.8 Å². The van der Waals surface area contributed by atoms with Crippen LogP contribution in [-0.4, -0.2) is 42.9 Å². The summed E-state index contributed by atoms with van der Waals surface area (Å²) in [6, 6.07) is 0. The molecule has 1 heterocycles. The van der Waals surface area contributed by atoms with E-state index in [1.54, 1.807) is 0 Å². The lowest BCUT2D eigenvalue weighted by molar-refractivity contribution is -0.147. The van der Waals surface area contributed by atoms with E-state index in [0.29, 0.717) is 11.8 Å². The molecule has 0 aliphatic carbocycles. The summed E-state index contributed by atoms with van der Waals surface area (Å²) < 4.78 is 4.80. The van der Waals surface area contributed by atoms with E-state index in [1.807, 2.05) is 0 Å². The van der Waals surface area contributed by atoms with Crippen LogP contribution in [0, 0.1) is 17.8 Å². The van der Waals surface area contributed by atoms with Crippen molar-refractivity contribution in [2.24, 2.45) is 17.8 Å². The number of hydrogen-bond acceptors (Lipinski definition) is 3. The molecule has 1 saturated heterocycles. The molecule has 1 aliphatic rings. The van der Waals surface area contributed by atoms with E-state index in [9.17, 15) is 4.79 Å². The van der Waals surface area contributed by atoms with Crippen molar-refractivity contribution in [3.8, 4) is 0 Å². The Morgan fingerprint density at radius 2 is 2.00 bits per heavy atom. The van der Waals surface area contributed by atoms with Crippen molar-refractivity contribution in [2.75, 3.05) is 32.1 Å². The van der Waals surface area contributed by atoms with Crippen LogP contribution in [0.2, 0.25) is 0 Å². The van der Waals surface area contributed by atoms with E-state index < -0.39 is 0 Å². The molecule has 1 atom stereocenters. The van der Waals surface area contributed by atoms with Gasteiger partial charge < -0.3 is 9.64 Å². The Hall–Kier alpha value is -0.0900. The van der Waals surface area contributed by atoms with E-state index in [2.05, 4.69) is 34.7 Å². The van der Waals surface area contributed by atoms with Crippen LogP contribution < -0.4 is 0 Å². The van der Waals surface area contributed by atoms with Crippen LogP contribution >= 0.6 is 15.9 Å². The fraction of sp³-hybridized carbons (Fsp3) is 0.923. The third-order valence-corrected chi connectivity index (χ3v) is 4.59. The van der Waals surface area contributed by atoms with Gasteiger partial charge in [-0.25, -0.2) is 0 Å². The van der Waals surface area contributed by atoms with Gasteiger partial charge in [0.2, 0.25) is 0 Å². The molecule has 17 heavy (non-hydrogen) atoms. The van der Waals surface area contributed by atoms with Gasteiger partial charge in [0.15, 0.2) is 0 Å². The SMILES string of the molecule is COC(=O)C1CCN(CC(CBr)C(C)C)CC1. The predicted octanol–water partition coefficient (Wildman–Crippen LogP) is 2.54. The Balaban J connectivity index is 2.34. The van der Waals surface area contributed by atoms with Crippen LogP contribution in [0.5, 0.6) is 0 Å². The number of nitrogens with zero attached hydrogens (tertiary/aromatic N) is 1. The van der Waals surface area contributed by atoms with E-state index in [1.165, 1.54) is 7.11 Å². The Morgan fingerprint density at radius 3 is 2.41 bits per heavy atom. The van der Waals surface area contributed by atoms with Gasteiger partial charge in [-0.1, -0.05) is 29.8 Å². The third-order valence-electron chi connectivity index (χ3n) is 3.76. The van der Waals surface area contributed by atoms with Crippen molar-refractivity contribution in [2.45, 2.75) is 26.7 Å². The second kappa shape index (κ2) is 7.37. The van der Waals surface area contributed by atoms with Crippen LogP contribution in [-0.2, 0) is 9.53 Å². The minimum atomic E-state index is -0.0365. The first-order chi connectivity index (χ1) is 8.08. The van der Waals surface area contributed by atoms with Crippen molar-refractivity contribution >= 4 is 21.9 Å². The normalized spacial score (nSPS) is 20.5. The van der Waals surface area contributed by atoms with Gasteiger partial charge in [0.05, 0.1) is 13.0 Å². The van der Waals surface area contributed by atoms with Crippen molar-refractivity contribution in [3.05, 3.63) is 0 Å². The number of rotatable bonds is 5. The number of halogens is 1. The predicted molar refractivity (Wildman–Crippen MR) is 73.3 cm³/mol. The zero-order valence-electron chi connectivity index (χ0n) is 11.1. The van der Waals surface area contributed by atoms with Crippen LogP contribution in [0.15, 0.2) is 0 Å². The summed E-state index contributed by atoms with van der Waals surface area (Å²) in [6.45, 7) is 7.73. The molecule has 0 aromatic rings. The summed E-state index contributed by atoms with van der Waals surface area (Å²) >= 11 is 3.59. The number of carbonyl (C=O) groups excluding carboxylic acids is 1. The smallest absolute Gasteiger partial charge is 0.308 e. The summed E-state index contributed by atoms with van der Waals surface area (Å²) in [6.07, 6.45) is 1.89. The van der Waals surface area contributed by atoms with Crippen LogP contribution in [0.3, 0.4) is 0 Å². The number of piperidine rings is 1. The average Bonchev–Trinajstić information content (AvgIpc) is 2.35. The molecule has 1 aliphatic heterocycles. The Morgan fingerprint density at radius 1 is 1.41 bits per heavy atom. The molecular formula is C13H24BrNO2. The zero-order valence-corrected chi connectivity index (χ0v) is 12.7. The molecule has 0 spiro atoms. The molecule has 4 heteroatoms. The lowest BCUT2D eigenvalue weighted by Crippen LogP contribution is -2.40. The fourth-order valence-corrected chi connectivity index (χ4v) is 3.24. The molecule has 0 amide bonds. The fourth-order valence-electron chi connectivity index (χ4n) is 2.29. The first kappa shape index (κ1) is 15.0. The maximum Gasteiger partial charge on any atom is 0.308 e. The molecule has 1 rings (SSSR count). The standard InChI is InChI=1S/C13H24BrNO2/c1-10(2)12(8-14)9-15-6-4-11(5-7-15)13(16)17-3/h10-12H,4-9H2,1-3H3. The Bertz CT molecular complexity index is 238. The molecule has 3 nitrogen and oxygen atoms in total. The lowest BCUT2D eigenvalue weighted by atomic mass is 9.93. The first-order valence-corrected chi connectivity index (χ1v) is 7.56. The van der Waals surface area contributed by atoms with E-state index in [4.69, 9.17) is 4.74 Å². The van der Waals surface area contributed by atoms with Gasteiger partial charge in [0, 0.05) is 11.9 Å². The second-order valence-corrected chi connectivity index (χ2v) is 5.90. The Labute approximate surface area is 113 Å². The van der Waals surface area contributed by atoms with Gasteiger partial charge in [0.25, 0.3) is 0 Å². The monoisotopic (exact) mass is 305 g/mol. The largest absolute Gasteiger partial charge is 0.469 e. The number of likely N-dealkylation sites (tertiary alicyclic amines) is 1. The number of alkyl halides is 1. The van der Waals surface area contributed by atoms with Gasteiger partial charge in [-0.2, -0.15) is 0 Å². The summed E-state index contributed by atoms with van der Waals surface area (Å²) in [5.74, 6) is 1.49. The highest BCUT2D eigenvalue weighted by molar-refractivity contribution is 9.09. The second-order valence-electron chi connectivity index (χ2n) is 5.26. The molecule has 1 fully saturated rings. The van der Waals surface area contributed by atoms with Crippen LogP contribution in [0.1, 0.15) is 26.7 Å². The molecule has 0 saturated carbocycles. The van der Waals surface area contributed by atoms with Crippen LogP contribution in [0.25, 0.3) is 0 Å². The van der Waals surface area contributed by atoms with Crippen molar-refractivity contribution in [1.82, 2.24) is 4.90 Å². The molecule has 0 aromatic heterocycles. The zero-order chi connectivity index (χ0) is 12.8. The van der Waals surface area contributed by atoms with Crippen molar-refractivity contribution in [3.63, 3.8) is 0 Å². The van der Waals surface area contributed by atoms with Crippen molar-refractivity contribution < 1.29 is 9.53 Å². The number of methoxy groups -OCH3 is 1. The summed E-state index contributed by atoms with van der Waals surface area (Å²) in [4.78, 5) is 13.9. The van der Waals surface area contributed by atoms with E-state index in [-0.39, 0.29) is 11.9 Å². The summed E-state index contributed by atoms with van der Waals surface area (Å²) in [5.41, 5.74) is 0. The maximum absolute atomic E-state index is 11.4. The number of ether oxygens (including phenoxy) is 1. The minimum Gasteiger partial charge on any atom is -0.469 e. The molecule has 0 N–H and O–H groups in total. The molecule has 0 bridgehead atoms. The minimum absolute atomic E-state index is 0.0365. The number of carbonyl (C=O) groups is 1. The quantitative estimate of drug-likeness (QED) is 0.577.